The highest BCUT2D eigenvalue weighted by atomic mass is 16.5. The van der Waals surface area contributed by atoms with Gasteiger partial charge in [0.1, 0.15) is 0 Å². The number of aliphatic hydroxyl groups excluding tert-OH is 1. The summed E-state index contributed by atoms with van der Waals surface area (Å²) in [5.74, 6) is -0.657. The topological polar surface area (TPSA) is 95.3 Å². The summed E-state index contributed by atoms with van der Waals surface area (Å²) in [5, 5.41) is 13.1. The van der Waals surface area contributed by atoms with Gasteiger partial charge in [-0.05, 0) is 12.0 Å². The molecule has 0 saturated heterocycles. The third-order valence-corrected chi connectivity index (χ3v) is 2.47. The van der Waals surface area contributed by atoms with Crippen molar-refractivity contribution in [1.82, 2.24) is 0 Å². The predicted octanol–water partition coefficient (Wildman–Crippen LogP) is 1.17. The van der Waals surface area contributed by atoms with Gasteiger partial charge in [0, 0.05) is 16.4 Å². The van der Waals surface area contributed by atoms with Crippen LogP contribution in [0.25, 0.3) is 10.4 Å². The molecule has 0 aliphatic heterocycles. The van der Waals surface area contributed by atoms with Gasteiger partial charge in [0.2, 0.25) is 0 Å². The molecule has 0 radical (unpaired) electrons. The average Bonchev–Trinajstić information content (AvgIpc) is 2.23. The number of aliphatic hydroxyl groups is 1. The maximum Gasteiger partial charge on any atom is 0.333 e. The summed E-state index contributed by atoms with van der Waals surface area (Å²) in [6, 6.07) is -0.593. The van der Waals surface area contributed by atoms with Crippen LogP contribution in [-0.4, -0.2) is 30.3 Å². The van der Waals surface area contributed by atoms with Crippen molar-refractivity contribution in [3.8, 4) is 0 Å². The Bertz CT molecular complexity index is 333. The molecule has 15 heavy (non-hydrogen) atoms. The lowest BCUT2D eigenvalue weighted by Crippen LogP contribution is -2.35. The van der Waals surface area contributed by atoms with Crippen molar-refractivity contribution in [1.29, 1.82) is 0 Å². The van der Waals surface area contributed by atoms with Gasteiger partial charge in [-0.2, -0.15) is 0 Å². The van der Waals surface area contributed by atoms with Crippen LogP contribution < -0.4 is 0 Å². The monoisotopic (exact) mass is 211 g/mol. The van der Waals surface area contributed by atoms with Crippen LogP contribution in [0.2, 0.25) is 0 Å². The maximum absolute atomic E-state index is 11.3. The lowest BCUT2D eigenvalue weighted by Gasteiger charge is -2.28. The number of ether oxygens (including phenoxy) is 1. The molecule has 6 nitrogen and oxygen atoms in total. The molecule has 0 saturated carbocycles. The Balaban J connectivity index is 2.90. The fraction of sp³-hybridized carbons (Fsp3) is 0.667. The third-order valence-electron chi connectivity index (χ3n) is 2.47. The molecule has 0 heterocycles. The highest BCUT2D eigenvalue weighted by molar-refractivity contribution is 5.88. The highest BCUT2D eigenvalue weighted by Crippen LogP contribution is 2.26. The molecule has 1 N–H and O–H groups in total. The van der Waals surface area contributed by atoms with Crippen LogP contribution >= 0.6 is 0 Å². The van der Waals surface area contributed by atoms with Gasteiger partial charge in [-0.1, -0.05) is 18.1 Å². The predicted molar refractivity (Wildman–Crippen MR) is 52.8 cm³/mol. The van der Waals surface area contributed by atoms with E-state index < -0.39 is 18.1 Å². The molecule has 1 rings (SSSR count). The second-order valence-electron chi connectivity index (χ2n) is 3.51. The number of hydrogen-bond donors (Lipinski definition) is 1. The number of rotatable bonds is 2. The quantitative estimate of drug-likeness (QED) is 0.321. The zero-order valence-corrected chi connectivity index (χ0v) is 8.62. The largest absolute Gasteiger partial charge is 0.466 e. The molecule has 1 aliphatic carbocycles. The van der Waals surface area contributed by atoms with E-state index in [2.05, 4.69) is 14.8 Å². The van der Waals surface area contributed by atoms with E-state index in [1.165, 1.54) is 7.11 Å². The lowest BCUT2D eigenvalue weighted by atomic mass is 9.85. The van der Waals surface area contributed by atoms with Gasteiger partial charge in [0.05, 0.1) is 19.3 Å². The van der Waals surface area contributed by atoms with Crippen molar-refractivity contribution in [2.75, 3.05) is 7.11 Å². The molecular formula is C9H13N3O3. The zero-order chi connectivity index (χ0) is 11.4. The highest BCUT2D eigenvalue weighted by Gasteiger charge is 2.31. The van der Waals surface area contributed by atoms with Crippen LogP contribution in [0.5, 0.6) is 0 Å². The molecular weight excluding hydrogens is 198 g/mol. The van der Waals surface area contributed by atoms with E-state index in [1.54, 1.807) is 13.0 Å². The van der Waals surface area contributed by atoms with Gasteiger partial charge in [-0.3, -0.25) is 0 Å². The number of carbonyl (C=O) groups is 1. The summed E-state index contributed by atoms with van der Waals surface area (Å²) in [6.07, 6.45) is 1.14. The second kappa shape index (κ2) is 4.82. The molecule has 0 bridgehead atoms. The van der Waals surface area contributed by atoms with E-state index in [0.717, 1.165) is 0 Å². The number of hydrogen-bond acceptors (Lipinski definition) is 4. The minimum absolute atomic E-state index is 0.219. The average molecular weight is 211 g/mol. The van der Waals surface area contributed by atoms with Crippen LogP contribution in [-0.2, 0) is 9.53 Å². The first-order valence-electron chi connectivity index (χ1n) is 4.61. The van der Waals surface area contributed by atoms with Gasteiger partial charge in [-0.15, -0.1) is 0 Å². The van der Waals surface area contributed by atoms with Crippen LogP contribution in [0.15, 0.2) is 16.8 Å². The fourth-order valence-electron chi connectivity index (χ4n) is 1.64. The SMILES string of the molecule is COC(=O)C1=C[C@@H](C)[C@@H](O)[C@H](N=[N+]=[N-])C1. The van der Waals surface area contributed by atoms with E-state index in [9.17, 15) is 9.90 Å². The number of carbonyl (C=O) groups excluding carboxylic acids is 1. The van der Waals surface area contributed by atoms with E-state index >= 15 is 0 Å². The van der Waals surface area contributed by atoms with Crippen molar-refractivity contribution in [3.63, 3.8) is 0 Å². The zero-order valence-electron chi connectivity index (χ0n) is 8.62. The summed E-state index contributed by atoms with van der Waals surface area (Å²) >= 11 is 0. The summed E-state index contributed by atoms with van der Waals surface area (Å²) in [5.41, 5.74) is 8.77. The minimum atomic E-state index is -0.741. The lowest BCUT2D eigenvalue weighted by molar-refractivity contribution is -0.136. The van der Waals surface area contributed by atoms with Crippen molar-refractivity contribution in [2.45, 2.75) is 25.5 Å². The Hall–Kier alpha value is -1.52. The van der Waals surface area contributed by atoms with Crippen molar-refractivity contribution in [3.05, 3.63) is 22.1 Å². The van der Waals surface area contributed by atoms with Crippen molar-refractivity contribution in [2.24, 2.45) is 11.0 Å². The van der Waals surface area contributed by atoms with Gasteiger partial charge < -0.3 is 9.84 Å². The van der Waals surface area contributed by atoms with E-state index in [-0.39, 0.29) is 12.3 Å². The molecule has 0 aromatic heterocycles. The van der Waals surface area contributed by atoms with E-state index in [4.69, 9.17) is 5.53 Å². The molecule has 0 unspecified atom stereocenters. The van der Waals surface area contributed by atoms with Gasteiger partial charge in [0.25, 0.3) is 0 Å². The minimum Gasteiger partial charge on any atom is -0.466 e. The number of azide groups is 1. The number of nitrogens with zero attached hydrogens (tertiary/aromatic N) is 3. The molecule has 0 spiro atoms. The fourth-order valence-corrected chi connectivity index (χ4v) is 1.64. The molecule has 0 fully saturated rings. The maximum atomic E-state index is 11.3. The van der Waals surface area contributed by atoms with E-state index in [1.807, 2.05) is 0 Å². The van der Waals surface area contributed by atoms with Crippen LogP contribution in [0.4, 0.5) is 0 Å². The molecule has 0 aromatic rings. The first-order chi connectivity index (χ1) is 7.10. The molecule has 6 heteroatoms. The molecule has 0 amide bonds. The summed E-state index contributed by atoms with van der Waals surface area (Å²) < 4.78 is 4.58. The summed E-state index contributed by atoms with van der Waals surface area (Å²) in [4.78, 5) is 13.9. The molecule has 1 aliphatic rings. The first kappa shape index (κ1) is 11.6. The van der Waals surface area contributed by atoms with Crippen LogP contribution in [0.3, 0.4) is 0 Å². The number of methoxy groups -OCH3 is 1. The summed E-state index contributed by atoms with van der Waals surface area (Å²) in [7, 11) is 1.29. The Morgan fingerprint density at radius 1 is 1.80 bits per heavy atom. The molecule has 0 aromatic carbocycles. The second-order valence-corrected chi connectivity index (χ2v) is 3.51. The van der Waals surface area contributed by atoms with Crippen LogP contribution in [0, 0.1) is 5.92 Å². The smallest absolute Gasteiger partial charge is 0.333 e. The Labute approximate surface area is 87.2 Å². The van der Waals surface area contributed by atoms with Gasteiger partial charge in [0.15, 0.2) is 0 Å². The first-order valence-corrected chi connectivity index (χ1v) is 4.61. The Kier molecular flexibility index (Phi) is 3.71. The summed E-state index contributed by atoms with van der Waals surface area (Å²) in [6.45, 7) is 1.76. The Morgan fingerprint density at radius 3 is 3.00 bits per heavy atom. The van der Waals surface area contributed by atoms with Gasteiger partial charge >= 0.3 is 5.97 Å². The van der Waals surface area contributed by atoms with Crippen molar-refractivity contribution < 1.29 is 14.6 Å². The van der Waals surface area contributed by atoms with E-state index in [0.29, 0.717) is 5.57 Å². The third kappa shape index (κ3) is 2.49. The van der Waals surface area contributed by atoms with Crippen LogP contribution in [0.1, 0.15) is 13.3 Å². The molecule has 3 atom stereocenters. The standard InChI is InChI=1S/C9H13N3O3/c1-5-3-6(9(14)15-2)4-7(8(5)13)11-12-10/h3,5,7-8,13H,4H2,1-2H3/t5-,7-,8-/m1/s1. The van der Waals surface area contributed by atoms with Gasteiger partial charge in [-0.25, -0.2) is 4.79 Å². The van der Waals surface area contributed by atoms with Crippen molar-refractivity contribution >= 4 is 5.97 Å². The Morgan fingerprint density at radius 2 is 2.47 bits per heavy atom. The molecule has 82 valence electrons. The number of esters is 1. The normalized spacial score (nSPS) is 30.1.